The highest BCUT2D eigenvalue weighted by atomic mass is 79.9. The topological polar surface area (TPSA) is 29.3 Å². The van der Waals surface area contributed by atoms with Gasteiger partial charge in [0.05, 0.1) is 6.04 Å². The van der Waals surface area contributed by atoms with Gasteiger partial charge < -0.3 is 10.6 Å². The summed E-state index contributed by atoms with van der Waals surface area (Å²) in [6.45, 7) is 2.70. The molecule has 3 heteroatoms. The van der Waals surface area contributed by atoms with E-state index in [0.717, 1.165) is 4.47 Å². The number of benzene rings is 2. The minimum atomic E-state index is 0.164. The molecule has 0 heterocycles. The number of nitrogens with zero attached hydrogens (tertiary/aromatic N) is 1. The van der Waals surface area contributed by atoms with Crippen molar-refractivity contribution >= 4 is 21.6 Å². The smallest absolute Gasteiger partial charge is 0.0672 e. The van der Waals surface area contributed by atoms with Crippen LogP contribution in [0.15, 0.2) is 53.0 Å². The highest BCUT2D eigenvalue weighted by molar-refractivity contribution is 9.10. The van der Waals surface area contributed by atoms with Crippen LogP contribution in [0.2, 0.25) is 0 Å². The van der Waals surface area contributed by atoms with Gasteiger partial charge >= 0.3 is 0 Å². The molecule has 0 aliphatic carbocycles. The standard InChI is InChI=1S/C16H19BrN2/c1-12-7-3-6-10-15(12)19(2)16(11-18)13-8-4-5-9-14(13)17/h3-10,16H,11,18H2,1-2H3. The van der Waals surface area contributed by atoms with Crippen LogP contribution in [0.5, 0.6) is 0 Å². The van der Waals surface area contributed by atoms with Gasteiger partial charge in [-0.05, 0) is 30.2 Å². The first kappa shape index (κ1) is 14.1. The van der Waals surface area contributed by atoms with Gasteiger partial charge in [0.25, 0.3) is 0 Å². The summed E-state index contributed by atoms with van der Waals surface area (Å²) in [4.78, 5) is 2.25. The Balaban J connectivity index is 2.38. The maximum absolute atomic E-state index is 6.00. The molecule has 0 aliphatic heterocycles. The summed E-state index contributed by atoms with van der Waals surface area (Å²) in [5.41, 5.74) is 9.69. The lowest BCUT2D eigenvalue weighted by Crippen LogP contribution is -2.31. The highest BCUT2D eigenvalue weighted by Gasteiger charge is 2.18. The molecule has 2 aromatic rings. The number of nitrogens with two attached hydrogens (primary N) is 1. The van der Waals surface area contributed by atoms with E-state index in [-0.39, 0.29) is 6.04 Å². The van der Waals surface area contributed by atoms with Gasteiger partial charge in [-0.25, -0.2) is 0 Å². The molecule has 2 aromatic carbocycles. The number of hydrogen-bond acceptors (Lipinski definition) is 2. The predicted molar refractivity (Wildman–Crippen MR) is 85.5 cm³/mol. The van der Waals surface area contributed by atoms with Gasteiger partial charge in [-0.3, -0.25) is 0 Å². The molecule has 0 bridgehead atoms. The van der Waals surface area contributed by atoms with Crippen LogP contribution in [0.1, 0.15) is 17.2 Å². The zero-order valence-electron chi connectivity index (χ0n) is 11.3. The van der Waals surface area contributed by atoms with Crippen molar-refractivity contribution in [2.45, 2.75) is 13.0 Å². The van der Waals surface area contributed by atoms with Crippen molar-refractivity contribution in [1.29, 1.82) is 0 Å². The molecular weight excluding hydrogens is 300 g/mol. The Morgan fingerprint density at radius 2 is 1.74 bits per heavy atom. The van der Waals surface area contributed by atoms with Crippen molar-refractivity contribution in [3.05, 3.63) is 64.1 Å². The van der Waals surface area contributed by atoms with Crippen LogP contribution in [0.25, 0.3) is 0 Å². The van der Waals surface area contributed by atoms with Crippen molar-refractivity contribution in [3.8, 4) is 0 Å². The number of halogens is 1. The van der Waals surface area contributed by atoms with Crippen molar-refractivity contribution in [2.75, 3.05) is 18.5 Å². The fourth-order valence-corrected chi connectivity index (χ4v) is 2.92. The number of rotatable bonds is 4. The predicted octanol–water partition coefficient (Wildman–Crippen LogP) is 3.89. The average molecular weight is 319 g/mol. The fraction of sp³-hybridized carbons (Fsp3) is 0.250. The summed E-state index contributed by atoms with van der Waals surface area (Å²) in [6, 6.07) is 16.8. The molecule has 2 rings (SSSR count). The minimum Gasteiger partial charge on any atom is -0.366 e. The molecule has 1 atom stereocenters. The first-order valence-corrected chi connectivity index (χ1v) is 7.17. The summed E-state index contributed by atoms with van der Waals surface area (Å²) in [5, 5.41) is 0. The lowest BCUT2D eigenvalue weighted by molar-refractivity contribution is 0.676. The van der Waals surface area contributed by atoms with Crippen LogP contribution in [0.3, 0.4) is 0 Å². The minimum absolute atomic E-state index is 0.164. The Kier molecular flexibility index (Phi) is 4.61. The van der Waals surface area contributed by atoms with E-state index in [1.165, 1.54) is 16.8 Å². The third-order valence-electron chi connectivity index (χ3n) is 3.45. The first-order chi connectivity index (χ1) is 9.15. The van der Waals surface area contributed by atoms with E-state index in [9.17, 15) is 0 Å². The Hall–Kier alpha value is -1.32. The molecule has 0 spiro atoms. The van der Waals surface area contributed by atoms with Crippen molar-refractivity contribution in [1.82, 2.24) is 0 Å². The molecule has 0 aromatic heterocycles. The van der Waals surface area contributed by atoms with Gasteiger partial charge in [-0.1, -0.05) is 52.3 Å². The molecule has 0 radical (unpaired) electrons. The van der Waals surface area contributed by atoms with Gasteiger partial charge in [0.1, 0.15) is 0 Å². The number of hydrogen-bond donors (Lipinski definition) is 1. The number of likely N-dealkylation sites (N-methyl/N-ethyl adjacent to an activating group) is 1. The van der Waals surface area contributed by atoms with Crippen molar-refractivity contribution in [2.24, 2.45) is 5.73 Å². The van der Waals surface area contributed by atoms with Crippen LogP contribution in [0, 0.1) is 6.92 Å². The quantitative estimate of drug-likeness (QED) is 0.926. The summed E-state index contributed by atoms with van der Waals surface area (Å²) >= 11 is 3.61. The molecule has 0 aliphatic rings. The van der Waals surface area contributed by atoms with Crippen LogP contribution >= 0.6 is 15.9 Å². The Bertz CT molecular complexity index is 554. The Labute approximate surface area is 123 Å². The van der Waals surface area contributed by atoms with E-state index in [4.69, 9.17) is 5.73 Å². The second-order valence-electron chi connectivity index (χ2n) is 4.67. The lowest BCUT2D eigenvalue weighted by atomic mass is 10.0. The van der Waals surface area contributed by atoms with E-state index >= 15 is 0 Å². The molecule has 1 unspecified atom stereocenters. The molecule has 2 N–H and O–H groups in total. The zero-order chi connectivity index (χ0) is 13.8. The SMILES string of the molecule is Cc1ccccc1N(C)C(CN)c1ccccc1Br. The molecule has 0 saturated carbocycles. The van der Waals surface area contributed by atoms with E-state index in [1.807, 2.05) is 6.07 Å². The number of para-hydroxylation sites is 1. The fourth-order valence-electron chi connectivity index (χ4n) is 2.37. The summed E-state index contributed by atoms with van der Waals surface area (Å²) < 4.78 is 1.10. The van der Waals surface area contributed by atoms with Crippen LogP contribution < -0.4 is 10.6 Å². The third-order valence-corrected chi connectivity index (χ3v) is 4.17. The first-order valence-electron chi connectivity index (χ1n) is 6.38. The van der Waals surface area contributed by atoms with E-state index in [0.29, 0.717) is 6.54 Å². The van der Waals surface area contributed by atoms with E-state index < -0.39 is 0 Å². The molecule has 100 valence electrons. The van der Waals surface area contributed by atoms with Crippen molar-refractivity contribution < 1.29 is 0 Å². The summed E-state index contributed by atoms with van der Waals surface area (Å²) in [7, 11) is 2.10. The Morgan fingerprint density at radius 3 is 2.37 bits per heavy atom. The second kappa shape index (κ2) is 6.22. The van der Waals surface area contributed by atoms with Gasteiger partial charge in [0.2, 0.25) is 0 Å². The van der Waals surface area contributed by atoms with Gasteiger partial charge in [-0.2, -0.15) is 0 Å². The summed E-state index contributed by atoms with van der Waals surface area (Å²) in [5.74, 6) is 0. The molecular formula is C16H19BrN2. The molecule has 0 amide bonds. The normalized spacial score (nSPS) is 12.2. The van der Waals surface area contributed by atoms with Crippen molar-refractivity contribution in [3.63, 3.8) is 0 Å². The molecule has 0 fully saturated rings. The molecule has 0 saturated heterocycles. The van der Waals surface area contributed by atoms with E-state index in [2.05, 4.69) is 77.3 Å². The lowest BCUT2D eigenvalue weighted by Gasteiger charge is -2.31. The molecule has 19 heavy (non-hydrogen) atoms. The maximum Gasteiger partial charge on any atom is 0.0672 e. The number of anilines is 1. The monoisotopic (exact) mass is 318 g/mol. The summed E-state index contributed by atoms with van der Waals surface area (Å²) in [6.07, 6.45) is 0. The van der Waals surface area contributed by atoms with Crippen LogP contribution in [-0.4, -0.2) is 13.6 Å². The largest absolute Gasteiger partial charge is 0.366 e. The van der Waals surface area contributed by atoms with Gasteiger partial charge in [0, 0.05) is 23.8 Å². The third kappa shape index (κ3) is 2.99. The second-order valence-corrected chi connectivity index (χ2v) is 5.52. The average Bonchev–Trinajstić information content (AvgIpc) is 2.42. The zero-order valence-corrected chi connectivity index (χ0v) is 12.9. The highest BCUT2D eigenvalue weighted by Crippen LogP contribution is 2.31. The molecule has 2 nitrogen and oxygen atoms in total. The van der Waals surface area contributed by atoms with Crippen LogP contribution in [-0.2, 0) is 0 Å². The maximum atomic E-state index is 6.00. The van der Waals surface area contributed by atoms with Gasteiger partial charge in [-0.15, -0.1) is 0 Å². The number of aryl methyl sites for hydroxylation is 1. The Morgan fingerprint density at radius 1 is 1.11 bits per heavy atom. The van der Waals surface area contributed by atoms with E-state index in [1.54, 1.807) is 0 Å². The van der Waals surface area contributed by atoms with Gasteiger partial charge in [0.15, 0.2) is 0 Å². The van der Waals surface area contributed by atoms with Crippen LogP contribution in [0.4, 0.5) is 5.69 Å².